The molecule has 0 aliphatic rings. The van der Waals surface area contributed by atoms with E-state index < -0.39 is 24.1 Å². The van der Waals surface area contributed by atoms with Crippen molar-refractivity contribution >= 4 is 11.9 Å². The van der Waals surface area contributed by atoms with E-state index in [-0.39, 0.29) is 23.2 Å². The van der Waals surface area contributed by atoms with Crippen LogP contribution in [0, 0.1) is 0 Å². The SMILES string of the molecule is N.O=C(O)C(O)C(O)C(=O)O.[Cu]. The van der Waals surface area contributed by atoms with Crippen molar-refractivity contribution in [1.29, 1.82) is 0 Å². The first-order valence-electron chi connectivity index (χ1n) is 2.28. The van der Waals surface area contributed by atoms with E-state index in [1.807, 2.05) is 0 Å². The third-order valence-corrected chi connectivity index (χ3v) is 0.805. The molecular formula is C4H9CuNO6. The molecule has 77 valence electrons. The molecule has 0 aliphatic carbocycles. The molecule has 0 rings (SSSR count). The quantitative estimate of drug-likeness (QED) is 0.353. The summed E-state index contributed by atoms with van der Waals surface area (Å²) in [5, 5.41) is 32.5. The van der Waals surface area contributed by atoms with Crippen LogP contribution in [0.5, 0.6) is 0 Å². The fourth-order valence-electron chi connectivity index (χ4n) is 0.270. The maximum absolute atomic E-state index is 9.77. The number of carbonyl (C=O) groups is 2. The third kappa shape index (κ3) is 5.05. The first-order valence-corrected chi connectivity index (χ1v) is 2.28. The van der Waals surface area contributed by atoms with Gasteiger partial charge in [0.05, 0.1) is 0 Å². The second-order valence-electron chi connectivity index (χ2n) is 1.57. The summed E-state index contributed by atoms with van der Waals surface area (Å²) in [7, 11) is 0. The maximum Gasteiger partial charge on any atom is 0.335 e. The minimum absolute atomic E-state index is 0. The molecular weight excluding hydrogens is 222 g/mol. The van der Waals surface area contributed by atoms with Crippen LogP contribution in [0.1, 0.15) is 0 Å². The number of carboxylic acid groups (broad SMARTS) is 2. The van der Waals surface area contributed by atoms with Crippen LogP contribution in [0.3, 0.4) is 0 Å². The molecule has 0 aromatic rings. The van der Waals surface area contributed by atoms with Gasteiger partial charge in [-0.25, -0.2) is 9.59 Å². The van der Waals surface area contributed by atoms with Gasteiger partial charge in [0.1, 0.15) is 0 Å². The van der Waals surface area contributed by atoms with Gasteiger partial charge in [-0.3, -0.25) is 0 Å². The molecule has 0 aromatic carbocycles. The summed E-state index contributed by atoms with van der Waals surface area (Å²) >= 11 is 0. The Morgan fingerprint density at radius 1 is 0.917 bits per heavy atom. The molecule has 0 fully saturated rings. The van der Waals surface area contributed by atoms with Gasteiger partial charge in [-0.05, 0) is 0 Å². The van der Waals surface area contributed by atoms with Crippen molar-refractivity contribution in [3.8, 4) is 0 Å². The number of aliphatic hydroxyl groups is 2. The molecule has 7 N–H and O–H groups in total. The Kier molecular flexibility index (Phi) is 10.2. The summed E-state index contributed by atoms with van der Waals surface area (Å²) in [6.45, 7) is 0. The van der Waals surface area contributed by atoms with E-state index in [2.05, 4.69) is 0 Å². The molecule has 0 amide bonds. The number of aliphatic hydroxyl groups excluding tert-OH is 2. The minimum Gasteiger partial charge on any atom is -0.479 e. The van der Waals surface area contributed by atoms with E-state index in [1.165, 1.54) is 0 Å². The van der Waals surface area contributed by atoms with Gasteiger partial charge < -0.3 is 26.6 Å². The Morgan fingerprint density at radius 3 is 1.17 bits per heavy atom. The van der Waals surface area contributed by atoms with E-state index in [9.17, 15) is 9.59 Å². The molecule has 0 bridgehead atoms. The second kappa shape index (κ2) is 7.01. The normalized spacial score (nSPS) is 13.2. The van der Waals surface area contributed by atoms with Crippen LogP contribution >= 0.6 is 0 Å². The fourth-order valence-corrected chi connectivity index (χ4v) is 0.270. The molecule has 2 atom stereocenters. The summed E-state index contributed by atoms with van der Waals surface area (Å²) in [6, 6.07) is 0. The molecule has 12 heavy (non-hydrogen) atoms. The van der Waals surface area contributed by atoms with Crippen molar-refractivity contribution in [2.45, 2.75) is 12.2 Å². The van der Waals surface area contributed by atoms with Gasteiger partial charge in [0.2, 0.25) is 0 Å². The average Bonchev–Trinajstić information content (AvgIpc) is 1.84. The zero-order chi connectivity index (χ0) is 8.31. The molecule has 0 aliphatic heterocycles. The van der Waals surface area contributed by atoms with Crippen molar-refractivity contribution in [3.63, 3.8) is 0 Å². The van der Waals surface area contributed by atoms with Crippen LogP contribution in [-0.2, 0) is 26.7 Å². The van der Waals surface area contributed by atoms with E-state index in [4.69, 9.17) is 20.4 Å². The number of hydrogen-bond donors (Lipinski definition) is 5. The summed E-state index contributed by atoms with van der Waals surface area (Å²) in [5.41, 5.74) is 0. The largest absolute Gasteiger partial charge is 0.479 e. The average molecular weight is 231 g/mol. The Bertz CT molecular complexity index is 144. The number of carboxylic acids is 2. The summed E-state index contributed by atoms with van der Waals surface area (Å²) in [6.07, 6.45) is -4.53. The maximum atomic E-state index is 9.77. The van der Waals surface area contributed by atoms with Gasteiger partial charge >= 0.3 is 11.9 Å². The standard InChI is InChI=1S/C4H6O6.Cu.H3N/c5-1(3(7)8)2(6)4(9)10;;/h1-2,5-6H,(H,7,8)(H,9,10);;1H3. The van der Waals surface area contributed by atoms with E-state index >= 15 is 0 Å². The summed E-state index contributed by atoms with van der Waals surface area (Å²) < 4.78 is 0. The molecule has 0 spiro atoms. The van der Waals surface area contributed by atoms with Crippen LogP contribution in [0.4, 0.5) is 0 Å². The number of hydrogen-bond acceptors (Lipinski definition) is 5. The fraction of sp³-hybridized carbons (Fsp3) is 0.500. The molecule has 7 nitrogen and oxygen atoms in total. The Labute approximate surface area is 78.1 Å². The molecule has 0 aromatic heterocycles. The van der Waals surface area contributed by atoms with Gasteiger partial charge in [0, 0.05) is 17.1 Å². The summed E-state index contributed by atoms with van der Waals surface area (Å²) in [4.78, 5) is 19.5. The van der Waals surface area contributed by atoms with Crippen molar-refractivity contribution in [2.24, 2.45) is 0 Å². The Balaban J connectivity index is -0.000000405. The first-order chi connectivity index (χ1) is 4.46. The molecule has 8 heteroatoms. The smallest absolute Gasteiger partial charge is 0.335 e. The van der Waals surface area contributed by atoms with Gasteiger partial charge in [0.15, 0.2) is 12.2 Å². The Morgan fingerprint density at radius 2 is 1.08 bits per heavy atom. The number of aliphatic carboxylic acids is 2. The first kappa shape index (κ1) is 17.4. The molecule has 0 saturated carbocycles. The van der Waals surface area contributed by atoms with Crippen molar-refractivity contribution in [2.75, 3.05) is 0 Å². The van der Waals surface area contributed by atoms with Crippen LogP contribution in [0.25, 0.3) is 0 Å². The van der Waals surface area contributed by atoms with Crippen LogP contribution in [-0.4, -0.2) is 44.6 Å². The van der Waals surface area contributed by atoms with Gasteiger partial charge in [-0.1, -0.05) is 0 Å². The zero-order valence-corrected chi connectivity index (χ0v) is 6.71. The van der Waals surface area contributed by atoms with E-state index in [0.717, 1.165) is 0 Å². The van der Waals surface area contributed by atoms with E-state index in [0.29, 0.717) is 0 Å². The van der Waals surface area contributed by atoms with Crippen LogP contribution in [0.2, 0.25) is 0 Å². The van der Waals surface area contributed by atoms with Gasteiger partial charge in [0.25, 0.3) is 0 Å². The summed E-state index contributed by atoms with van der Waals surface area (Å²) in [5.74, 6) is -3.54. The number of rotatable bonds is 3. The van der Waals surface area contributed by atoms with Gasteiger partial charge in [-0.15, -0.1) is 0 Å². The molecule has 0 heterocycles. The monoisotopic (exact) mass is 230 g/mol. The van der Waals surface area contributed by atoms with Crippen LogP contribution in [0.15, 0.2) is 0 Å². The van der Waals surface area contributed by atoms with Crippen molar-refractivity contribution in [3.05, 3.63) is 0 Å². The molecule has 2 unspecified atom stereocenters. The van der Waals surface area contributed by atoms with Crippen molar-refractivity contribution in [1.82, 2.24) is 6.15 Å². The molecule has 1 radical (unpaired) electrons. The van der Waals surface area contributed by atoms with Gasteiger partial charge in [-0.2, -0.15) is 0 Å². The third-order valence-electron chi connectivity index (χ3n) is 0.805. The zero-order valence-electron chi connectivity index (χ0n) is 5.77. The Hall–Kier alpha value is -0.661. The predicted octanol–water partition coefficient (Wildman–Crippen LogP) is -1.96. The topological polar surface area (TPSA) is 150 Å². The van der Waals surface area contributed by atoms with E-state index in [1.54, 1.807) is 0 Å². The minimum atomic E-state index is -2.27. The van der Waals surface area contributed by atoms with Crippen molar-refractivity contribution < 1.29 is 47.1 Å². The van der Waals surface area contributed by atoms with Crippen LogP contribution < -0.4 is 6.15 Å². The predicted molar refractivity (Wildman–Crippen MR) is 32.3 cm³/mol. The second-order valence-corrected chi connectivity index (χ2v) is 1.57. The molecule has 0 saturated heterocycles.